The van der Waals surface area contributed by atoms with Crippen LogP contribution >= 0.6 is 0 Å². The van der Waals surface area contributed by atoms with Crippen LogP contribution in [0.2, 0.25) is 0 Å². The summed E-state index contributed by atoms with van der Waals surface area (Å²) in [5.74, 6) is 1.94. The number of hydrogen-bond donors (Lipinski definition) is 2. The lowest BCUT2D eigenvalue weighted by atomic mass is 10.1. The van der Waals surface area contributed by atoms with Gasteiger partial charge in [0, 0.05) is 22.9 Å². The number of benzene rings is 3. The molecule has 184 valence electrons. The van der Waals surface area contributed by atoms with Crippen LogP contribution in [0.3, 0.4) is 0 Å². The molecule has 0 spiro atoms. The van der Waals surface area contributed by atoms with Gasteiger partial charge in [0.1, 0.15) is 18.7 Å². The monoisotopic (exact) mass is 490 g/mol. The smallest absolute Gasteiger partial charge is 0.251 e. The van der Waals surface area contributed by atoms with Crippen LogP contribution in [0.15, 0.2) is 91.3 Å². The van der Waals surface area contributed by atoms with E-state index in [0.29, 0.717) is 47.6 Å². The van der Waals surface area contributed by atoms with Crippen molar-refractivity contribution in [1.29, 1.82) is 0 Å². The Kier molecular flexibility index (Phi) is 6.21. The molecule has 0 radical (unpaired) electrons. The molecule has 1 aliphatic carbocycles. The van der Waals surface area contributed by atoms with E-state index in [4.69, 9.17) is 14.7 Å². The van der Waals surface area contributed by atoms with Gasteiger partial charge in [-0.1, -0.05) is 48.5 Å². The topological polar surface area (TPSA) is 94.0 Å². The summed E-state index contributed by atoms with van der Waals surface area (Å²) < 4.78 is 7.78. The third kappa shape index (κ3) is 5.13. The molecule has 0 atom stereocenters. The normalized spacial score (nSPS) is 12.9. The van der Waals surface area contributed by atoms with Crippen molar-refractivity contribution in [2.45, 2.75) is 18.9 Å². The van der Waals surface area contributed by atoms with Crippen molar-refractivity contribution in [3.63, 3.8) is 0 Å². The molecule has 37 heavy (non-hydrogen) atoms. The predicted octanol–water partition coefficient (Wildman–Crippen LogP) is 4.87. The number of hydrogen-bond acceptors (Lipinski definition) is 6. The van der Waals surface area contributed by atoms with Crippen LogP contribution < -0.4 is 15.4 Å². The second kappa shape index (κ2) is 10.1. The highest BCUT2D eigenvalue weighted by atomic mass is 16.5. The Hall–Kier alpha value is -4.72. The maximum Gasteiger partial charge on any atom is 0.251 e. The van der Waals surface area contributed by atoms with Gasteiger partial charge in [0.05, 0.1) is 6.54 Å². The van der Waals surface area contributed by atoms with Crippen molar-refractivity contribution < 1.29 is 9.53 Å². The minimum atomic E-state index is -0.0478. The SMILES string of the molecule is O=C(NC1CC1)c1ccc(-c2nc(NCCOc3ccccc3)c3ncn(-c4ccccc4)c3n2)cc1. The Bertz CT molecular complexity index is 1510. The van der Waals surface area contributed by atoms with E-state index < -0.39 is 0 Å². The maximum absolute atomic E-state index is 12.4. The average molecular weight is 491 g/mol. The summed E-state index contributed by atoms with van der Waals surface area (Å²) in [6.45, 7) is 1.01. The molecular weight excluding hydrogens is 464 g/mol. The number of amides is 1. The van der Waals surface area contributed by atoms with Gasteiger partial charge in [-0.25, -0.2) is 15.0 Å². The van der Waals surface area contributed by atoms with E-state index in [-0.39, 0.29) is 5.91 Å². The van der Waals surface area contributed by atoms with E-state index in [9.17, 15) is 4.79 Å². The Morgan fingerprint density at radius 2 is 1.65 bits per heavy atom. The molecule has 1 aliphatic rings. The van der Waals surface area contributed by atoms with Crippen molar-refractivity contribution in [3.05, 3.63) is 96.8 Å². The van der Waals surface area contributed by atoms with E-state index in [1.165, 1.54) is 0 Å². The highest BCUT2D eigenvalue weighted by molar-refractivity contribution is 5.95. The molecule has 6 rings (SSSR count). The van der Waals surface area contributed by atoms with Crippen molar-refractivity contribution in [2.24, 2.45) is 0 Å². The zero-order chi connectivity index (χ0) is 25.0. The number of nitrogens with zero attached hydrogens (tertiary/aromatic N) is 4. The largest absolute Gasteiger partial charge is 0.492 e. The molecule has 3 aromatic carbocycles. The lowest BCUT2D eigenvalue weighted by Gasteiger charge is -2.11. The van der Waals surface area contributed by atoms with Crippen molar-refractivity contribution in [2.75, 3.05) is 18.5 Å². The lowest BCUT2D eigenvalue weighted by molar-refractivity contribution is 0.0951. The van der Waals surface area contributed by atoms with Gasteiger partial charge in [0.25, 0.3) is 5.91 Å². The first-order chi connectivity index (χ1) is 18.2. The van der Waals surface area contributed by atoms with Crippen molar-refractivity contribution in [1.82, 2.24) is 24.8 Å². The first-order valence-electron chi connectivity index (χ1n) is 12.4. The molecule has 0 bridgehead atoms. The van der Waals surface area contributed by atoms with E-state index in [2.05, 4.69) is 15.6 Å². The molecule has 1 saturated carbocycles. The Labute approximate surface area is 214 Å². The van der Waals surface area contributed by atoms with E-state index in [0.717, 1.165) is 29.8 Å². The zero-order valence-corrected chi connectivity index (χ0v) is 20.2. The summed E-state index contributed by atoms with van der Waals surface area (Å²) in [5, 5.41) is 6.40. The van der Waals surface area contributed by atoms with Crippen molar-refractivity contribution in [3.8, 4) is 22.8 Å². The highest BCUT2D eigenvalue weighted by Gasteiger charge is 2.24. The molecule has 5 aromatic rings. The summed E-state index contributed by atoms with van der Waals surface area (Å²) in [6, 6.07) is 27.4. The summed E-state index contributed by atoms with van der Waals surface area (Å²) in [5.41, 5.74) is 3.77. The first kappa shape index (κ1) is 22.7. The van der Waals surface area contributed by atoms with Crippen LogP contribution in [0.25, 0.3) is 28.2 Å². The molecule has 2 heterocycles. The summed E-state index contributed by atoms with van der Waals surface area (Å²) in [4.78, 5) is 26.7. The number of anilines is 1. The third-order valence-electron chi connectivity index (χ3n) is 6.15. The highest BCUT2D eigenvalue weighted by Crippen LogP contribution is 2.27. The van der Waals surface area contributed by atoms with Crippen LogP contribution in [0.1, 0.15) is 23.2 Å². The van der Waals surface area contributed by atoms with Gasteiger partial charge in [0.2, 0.25) is 0 Å². The molecule has 1 amide bonds. The molecule has 0 unspecified atom stereocenters. The van der Waals surface area contributed by atoms with Gasteiger partial charge >= 0.3 is 0 Å². The number of fused-ring (bicyclic) bond motifs is 1. The number of imidazole rings is 1. The number of carbonyl (C=O) groups excluding carboxylic acids is 1. The van der Waals surface area contributed by atoms with Gasteiger partial charge in [0.15, 0.2) is 22.8 Å². The molecule has 8 nitrogen and oxygen atoms in total. The fourth-order valence-corrected chi connectivity index (χ4v) is 4.05. The van der Waals surface area contributed by atoms with Gasteiger partial charge < -0.3 is 15.4 Å². The number of para-hydroxylation sites is 2. The maximum atomic E-state index is 12.4. The van der Waals surface area contributed by atoms with E-state index in [1.54, 1.807) is 6.33 Å². The van der Waals surface area contributed by atoms with E-state index >= 15 is 0 Å². The van der Waals surface area contributed by atoms with Crippen LogP contribution in [0.4, 0.5) is 5.82 Å². The number of nitrogens with one attached hydrogen (secondary N) is 2. The Morgan fingerprint density at radius 3 is 2.38 bits per heavy atom. The quantitative estimate of drug-likeness (QED) is 0.287. The molecule has 0 aliphatic heterocycles. The molecule has 1 fully saturated rings. The fourth-order valence-electron chi connectivity index (χ4n) is 4.05. The van der Waals surface area contributed by atoms with Crippen LogP contribution in [0, 0.1) is 0 Å². The van der Waals surface area contributed by atoms with Crippen LogP contribution in [-0.2, 0) is 0 Å². The summed E-state index contributed by atoms with van der Waals surface area (Å²) in [6.07, 6.45) is 3.87. The van der Waals surface area contributed by atoms with Crippen LogP contribution in [0.5, 0.6) is 5.75 Å². The van der Waals surface area contributed by atoms with Crippen molar-refractivity contribution >= 4 is 22.9 Å². The molecule has 0 saturated heterocycles. The first-order valence-corrected chi connectivity index (χ1v) is 12.4. The second-order valence-corrected chi connectivity index (χ2v) is 8.93. The second-order valence-electron chi connectivity index (χ2n) is 8.93. The van der Waals surface area contributed by atoms with E-state index in [1.807, 2.05) is 89.5 Å². The number of aromatic nitrogens is 4. The van der Waals surface area contributed by atoms with Gasteiger partial charge in [-0.05, 0) is 49.2 Å². The fraction of sp³-hybridized carbons (Fsp3) is 0.172. The Morgan fingerprint density at radius 1 is 0.919 bits per heavy atom. The average Bonchev–Trinajstić information content (AvgIpc) is 3.66. The molecule has 8 heteroatoms. The molecular formula is C29H26N6O2. The zero-order valence-electron chi connectivity index (χ0n) is 20.2. The Balaban J connectivity index is 1.30. The van der Waals surface area contributed by atoms with Crippen LogP contribution in [-0.4, -0.2) is 44.6 Å². The lowest BCUT2D eigenvalue weighted by Crippen LogP contribution is -2.25. The minimum absolute atomic E-state index is 0.0478. The number of ether oxygens (including phenoxy) is 1. The summed E-state index contributed by atoms with van der Waals surface area (Å²) in [7, 11) is 0. The van der Waals surface area contributed by atoms with Gasteiger partial charge in [-0.2, -0.15) is 0 Å². The van der Waals surface area contributed by atoms with Gasteiger partial charge in [-0.15, -0.1) is 0 Å². The summed E-state index contributed by atoms with van der Waals surface area (Å²) >= 11 is 0. The third-order valence-corrected chi connectivity index (χ3v) is 6.15. The molecule has 2 N–H and O–H groups in total. The molecule has 2 aromatic heterocycles. The minimum Gasteiger partial charge on any atom is -0.492 e. The number of carbonyl (C=O) groups is 1. The standard InChI is InChI=1S/C29H26N6O2/c36-29(32-22-15-16-22)21-13-11-20(12-14-21)26-33-27(30-17-18-37-24-9-5-2-6-10-24)25-28(34-26)35(19-31-25)23-7-3-1-4-8-23/h1-14,19,22H,15-18H2,(H,32,36)(H,30,33,34). The predicted molar refractivity (Wildman–Crippen MR) is 143 cm³/mol. The van der Waals surface area contributed by atoms with Gasteiger partial charge in [-0.3, -0.25) is 9.36 Å². The number of rotatable bonds is 9.